The van der Waals surface area contributed by atoms with Gasteiger partial charge in [0.05, 0.1) is 4.99 Å². The van der Waals surface area contributed by atoms with Crippen LogP contribution in [0.1, 0.15) is 22.3 Å². The molecule has 1 aromatic rings. The first-order valence-electron chi connectivity index (χ1n) is 5.34. The van der Waals surface area contributed by atoms with Gasteiger partial charge < -0.3 is 10.6 Å². The van der Waals surface area contributed by atoms with Crippen molar-refractivity contribution in [3.63, 3.8) is 0 Å². The van der Waals surface area contributed by atoms with Crippen LogP contribution < -0.4 is 5.73 Å². The topological polar surface area (TPSA) is 46.3 Å². The molecule has 0 fully saturated rings. The van der Waals surface area contributed by atoms with Crippen LogP contribution in [0.3, 0.4) is 0 Å². The molecule has 1 amide bonds. The lowest BCUT2D eigenvalue weighted by atomic mass is 9.99. The molecule has 0 radical (unpaired) electrons. The second kappa shape index (κ2) is 4.61. The number of hydrogen-bond acceptors (Lipinski definition) is 2. The van der Waals surface area contributed by atoms with Gasteiger partial charge in [-0.15, -0.1) is 0 Å². The average Bonchev–Trinajstić information content (AvgIpc) is 2.28. The molecule has 0 bridgehead atoms. The van der Waals surface area contributed by atoms with Gasteiger partial charge >= 0.3 is 0 Å². The maximum atomic E-state index is 12.1. The van der Waals surface area contributed by atoms with E-state index >= 15 is 0 Å². The SMILES string of the molecule is NC(=S)CCN1CCc2ccccc2C1=O. The number of benzene rings is 1. The number of carbonyl (C=O) groups is 1. The van der Waals surface area contributed by atoms with Crippen molar-refractivity contribution in [3.8, 4) is 0 Å². The zero-order valence-corrected chi connectivity index (χ0v) is 9.80. The molecule has 4 heteroatoms. The molecule has 0 aliphatic carbocycles. The number of amides is 1. The average molecular weight is 234 g/mol. The molecule has 2 rings (SSSR count). The van der Waals surface area contributed by atoms with E-state index in [1.807, 2.05) is 29.2 Å². The summed E-state index contributed by atoms with van der Waals surface area (Å²) in [4.78, 5) is 14.4. The normalized spacial score (nSPS) is 14.8. The molecule has 1 aromatic carbocycles. The van der Waals surface area contributed by atoms with Crippen molar-refractivity contribution in [2.24, 2.45) is 5.73 Å². The fourth-order valence-electron chi connectivity index (χ4n) is 1.93. The molecule has 1 aliphatic heterocycles. The van der Waals surface area contributed by atoms with Crippen LogP contribution in [0.5, 0.6) is 0 Å². The molecular formula is C12H14N2OS. The molecule has 1 heterocycles. The third kappa shape index (κ3) is 2.22. The second-order valence-corrected chi connectivity index (χ2v) is 4.44. The maximum Gasteiger partial charge on any atom is 0.254 e. The van der Waals surface area contributed by atoms with Crippen molar-refractivity contribution < 1.29 is 4.79 Å². The minimum atomic E-state index is 0.0955. The molecular weight excluding hydrogens is 220 g/mol. The predicted molar refractivity (Wildman–Crippen MR) is 67.5 cm³/mol. The predicted octanol–water partition coefficient (Wildman–Crippen LogP) is 1.36. The summed E-state index contributed by atoms with van der Waals surface area (Å²) in [5, 5.41) is 0. The molecule has 0 atom stereocenters. The van der Waals surface area contributed by atoms with Crippen LogP contribution in [-0.4, -0.2) is 28.9 Å². The Hall–Kier alpha value is -1.42. The third-order valence-corrected chi connectivity index (χ3v) is 3.02. The number of rotatable bonds is 3. The Morgan fingerprint density at radius 3 is 2.94 bits per heavy atom. The van der Waals surface area contributed by atoms with E-state index in [0.29, 0.717) is 18.0 Å². The van der Waals surface area contributed by atoms with Gasteiger partial charge in [0.25, 0.3) is 5.91 Å². The van der Waals surface area contributed by atoms with E-state index in [1.165, 1.54) is 0 Å². The quantitative estimate of drug-likeness (QED) is 0.803. The van der Waals surface area contributed by atoms with Crippen molar-refractivity contribution in [2.75, 3.05) is 13.1 Å². The van der Waals surface area contributed by atoms with Crippen LogP contribution in [0.25, 0.3) is 0 Å². The summed E-state index contributed by atoms with van der Waals surface area (Å²) < 4.78 is 0. The van der Waals surface area contributed by atoms with E-state index < -0.39 is 0 Å². The fourth-order valence-corrected chi connectivity index (χ4v) is 2.02. The van der Waals surface area contributed by atoms with Crippen LogP contribution in [0, 0.1) is 0 Å². The molecule has 0 unspecified atom stereocenters. The van der Waals surface area contributed by atoms with Crippen LogP contribution in [0.4, 0.5) is 0 Å². The second-order valence-electron chi connectivity index (χ2n) is 3.92. The van der Waals surface area contributed by atoms with E-state index in [-0.39, 0.29) is 5.91 Å². The van der Waals surface area contributed by atoms with E-state index in [4.69, 9.17) is 18.0 Å². The van der Waals surface area contributed by atoms with E-state index in [0.717, 1.165) is 24.1 Å². The lowest BCUT2D eigenvalue weighted by Crippen LogP contribution is -2.39. The van der Waals surface area contributed by atoms with E-state index in [9.17, 15) is 4.79 Å². The molecule has 0 saturated carbocycles. The van der Waals surface area contributed by atoms with Gasteiger partial charge in [0, 0.05) is 25.1 Å². The molecule has 0 spiro atoms. The van der Waals surface area contributed by atoms with Gasteiger partial charge in [-0.05, 0) is 18.1 Å². The summed E-state index contributed by atoms with van der Waals surface area (Å²) in [7, 11) is 0. The number of fused-ring (bicyclic) bond motifs is 1. The number of carbonyl (C=O) groups excluding carboxylic acids is 1. The van der Waals surface area contributed by atoms with Crippen LogP contribution in [0.15, 0.2) is 24.3 Å². The van der Waals surface area contributed by atoms with E-state index in [1.54, 1.807) is 0 Å². The lowest BCUT2D eigenvalue weighted by molar-refractivity contribution is 0.0744. The Morgan fingerprint density at radius 2 is 2.19 bits per heavy atom. The van der Waals surface area contributed by atoms with Crippen molar-refractivity contribution in [2.45, 2.75) is 12.8 Å². The first kappa shape index (κ1) is 11.1. The highest BCUT2D eigenvalue weighted by atomic mass is 32.1. The van der Waals surface area contributed by atoms with Gasteiger partial charge in [0.2, 0.25) is 0 Å². The van der Waals surface area contributed by atoms with Crippen molar-refractivity contribution in [1.29, 1.82) is 0 Å². The molecule has 0 saturated heterocycles. The van der Waals surface area contributed by atoms with Gasteiger partial charge in [0.1, 0.15) is 0 Å². The van der Waals surface area contributed by atoms with Crippen molar-refractivity contribution in [1.82, 2.24) is 4.90 Å². The van der Waals surface area contributed by atoms with Gasteiger partial charge in [-0.2, -0.15) is 0 Å². The minimum Gasteiger partial charge on any atom is -0.393 e. The zero-order valence-electron chi connectivity index (χ0n) is 8.98. The molecule has 16 heavy (non-hydrogen) atoms. The Labute approximate surface area is 100 Å². The van der Waals surface area contributed by atoms with Crippen LogP contribution in [0.2, 0.25) is 0 Å². The van der Waals surface area contributed by atoms with E-state index in [2.05, 4.69) is 0 Å². The highest BCUT2D eigenvalue weighted by molar-refractivity contribution is 7.80. The van der Waals surface area contributed by atoms with Crippen LogP contribution in [-0.2, 0) is 6.42 Å². The highest BCUT2D eigenvalue weighted by Crippen LogP contribution is 2.18. The monoisotopic (exact) mass is 234 g/mol. The summed E-state index contributed by atoms with van der Waals surface area (Å²) in [6.45, 7) is 1.39. The Balaban J connectivity index is 2.12. The van der Waals surface area contributed by atoms with Gasteiger partial charge in [-0.3, -0.25) is 4.79 Å². The third-order valence-electron chi connectivity index (χ3n) is 2.81. The number of hydrogen-bond donors (Lipinski definition) is 1. The van der Waals surface area contributed by atoms with Gasteiger partial charge in [-0.1, -0.05) is 30.4 Å². The fraction of sp³-hybridized carbons (Fsp3) is 0.333. The van der Waals surface area contributed by atoms with Gasteiger partial charge in [0.15, 0.2) is 0 Å². The molecule has 1 aliphatic rings. The molecule has 2 N–H and O–H groups in total. The van der Waals surface area contributed by atoms with Crippen molar-refractivity contribution in [3.05, 3.63) is 35.4 Å². The molecule has 0 aromatic heterocycles. The maximum absolute atomic E-state index is 12.1. The van der Waals surface area contributed by atoms with Crippen LogP contribution >= 0.6 is 12.2 Å². The zero-order chi connectivity index (χ0) is 11.5. The Bertz CT molecular complexity index is 431. The lowest BCUT2D eigenvalue weighted by Gasteiger charge is -2.28. The molecule has 84 valence electrons. The largest absolute Gasteiger partial charge is 0.393 e. The Kier molecular flexibility index (Phi) is 3.19. The first-order chi connectivity index (χ1) is 7.68. The first-order valence-corrected chi connectivity index (χ1v) is 5.75. The van der Waals surface area contributed by atoms with Gasteiger partial charge in [-0.25, -0.2) is 0 Å². The molecule has 3 nitrogen and oxygen atoms in total. The minimum absolute atomic E-state index is 0.0955. The summed E-state index contributed by atoms with van der Waals surface area (Å²) in [6.07, 6.45) is 1.52. The standard InChI is InChI=1S/C12H14N2OS/c13-11(16)6-8-14-7-5-9-3-1-2-4-10(9)12(14)15/h1-4H,5-8H2,(H2,13,16). The number of thiocarbonyl (C=S) groups is 1. The summed E-state index contributed by atoms with van der Waals surface area (Å²) >= 11 is 4.82. The number of nitrogens with zero attached hydrogens (tertiary/aromatic N) is 1. The smallest absolute Gasteiger partial charge is 0.254 e. The number of nitrogens with two attached hydrogens (primary N) is 1. The summed E-state index contributed by atoms with van der Waals surface area (Å²) in [5.41, 5.74) is 7.40. The Morgan fingerprint density at radius 1 is 1.44 bits per heavy atom. The highest BCUT2D eigenvalue weighted by Gasteiger charge is 2.23. The van der Waals surface area contributed by atoms with Crippen molar-refractivity contribution >= 4 is 23.1 Å². The summed E-state index contributed by atoms with van der Waals surface area (Å²) in [6, 6.07) is 7.76. The summed E-state index contributed by atoms with van der Waals surface area (Å²) in [5.74, 6) is 0.0955.